The summed E-state index contributed by atoms with van der Waals surface area (Å²) >= 11 is 7.84. The highest BCUT2D eigenvalue weighted by molar-refractivity contribution is 7.09. The predicted octanol–water partition coefficient (Wildman–Crippen LogP) is 2.50. The largest absolute Gasteiger partial charge is 0.350 e. The van der Waals surface area contributed by atoms with Crippen molar-refractivity contribution in [2.75, 3.05) is 16.9 Å². The molecule has 0 fully saturated rings. The highest BCUT2D eigenvalue weighted by Gasteiger charge is 2.13. The quantitative estimate of drug-likeness (QED) is 0.652. The number of nitrogens with one attached hydrogen (secondary N) is 1. The number of halogens is 1. The Labute approximate surface area is 115 Å². The van der Waals surface area contributed by atoms with Gasteiger partial charge in [-0.2, -0.15) is 4.98 Å². The lowest BCUT2D eigenvalue weighted by Crippen LogP contribution is -2.24. The Balaban J connectivity index is 2.26. The molecule has 0 aliphatic rings. The van der Waals surface area contributed by atoms with Gasteiger partial charge >= 0.3 is 0 Å². The van der Waals surface area contributed by atoms with E-state index in [0.717, 1.165) is 13.1 Å². The van der Waals surface area contributed by atoms with Gasteiger partial charge in [-0.05, 0) is 18.4 Å². The molecule has 2 aromatic rings. The SMILES string of the molecule is CCN(Cc1cccs1)c1nc(NN)ncc1Cl. The molecule has 0 saturated heterocycles. The number of rotatable bonds is 5. The van der Waals surface area contributed by atoms with Gasteiger partial charge in [0.1, 0.15) is 5.02 Å². The predicted molar refractivity (Wildman–Crippen MR) is 75.9 cm³/mol. The van der Waals surface area contributed by atoms with Gasteiger partial charge in [0.2, 0.25) is 5.95 Å². The van der Waals surface area contributed by atoms with Crippen molar-refractivity contribution in [1.29, 1.82) is 0 Å². The van der Waals surface area contributed by atoms with Crippen LogP contribution in [0.3, 0.4) is 0 Å². The van der Waals surface area contributed by atoms with Gasteiger partial charge < -0.3 is 4.90 Å². The second kappa shape index (κ2) is 5.99. The van der Waals surface area contributed by atoms with Crippen molar-refractivity contribution in [2.24, 2.45) is 5.84 Å². The van der Waals surface area contributed by atoms with Crippen LogP contribution in [0.25, 0.3) is 0 Å². The summed E-state index contributed by atoms with van der Waals surface area (Å²) in [5, 5.41) is 2.57. The Morgan fingerprint density at radius 1 is 1.56 bits per heavy atom. The third-order valence-electron chi connectivity index (χ3n) is 2.46. The van der Waals surface area contributed by atoms with Gasteiger partial charge in [0.15, 0.2) is 5.82 Å². The molecule has 0 aliphatic carbocycles. The third kappa shape index (κ3) is 2.90. The fourth-order valence-electron chi connectivity index (χ4n) is 1.58. The fourth-order valence-corrected chi connectivity index (χ4v) is 2.51. The minimum Gasteiger partial charge on any atom is -0.350 e. The number of hydrogen-bond acceptors (Lipinski definition) is 6. The summed E-state index contributed by atoms with van der Waals surface area (Å²) in [6.07, 6.45) is 1.55. The maximum Gasteiger partial charge on any atom is 0.239 e. The molecule has 2 rings (SSSR count). The number of hydrazine groups is 1. The molecule has 0 spiro atoms. The first-order chi connectivity index (χ1) is 8.74. The van der Waals surface area contributed by atoms with Gasteiger partial charge in [-0.1, -0.05) is 17.7 Å². The van der Waals surface area contributed by atoms with E-state index in [4.69, 9.17) is 17.4 Å². The van der Waals surface area contributed by atoms with Crippen LogP contribution in [0, 0.1) is 0 Å². The second-order valence-electron chi connectivity index (χ2n) is 3.60. The first-order valence-electron chi connectivity index (χ1n) is 5.51. The van der Waals surface area contributed by atoms with Crippen LogP contribution in [0.2, 0.25) is 5.02 Å². The molecular formula is C11H14ClN5S. The van der Waals surface area contributed by atoms with Crippen LogP contribution >= 0.6 is 22.9 Å². The molecule has 0 aromatic carbocycles. The number of aromatic nitrogens is 2. The molecule has 0 saturated carbocycles. The normalized spacial score (nSPS) is 10.4. The molecule has 0 atom stereocenters. The minimum atomic E-state index is 0.360. The van der Waals surface area contributed by atoms with Crippen LogP contribution in [0.1, 0.15) is 11.8 Å². The van der Waals surface area contributed by atoms with Crippen molar-refractivity contribution in [2.45, 2.75) is 13.5 Å². The van der Waals surface area contributed by atoms with Gasteiger partial charge in [-0.15, -0.1) is 11.3 Å². The molecule has 7 heteroatoms. The molecule has 18 heavy (non-hydrogen) atoms. The van der Waals surface area contributed by atoms with Crippen LogP contribution in [-0.4, -0.2) is 16.5 Å². The van der Waals surface area contributed by atoms with E-state index in [9.17, 15) is 0 Å². The molecule has 5 nitrogen and oxygen atoms in total. The number of hydrogen-bond donors (Lipinski definition) is 2. The Kier molecular flexibility index (Phi) is 4.35. The van der Waals surface area contributed by atoms with Crippen molar-refractivity contribution in [1.82, 2.24) is 9.97 Å². The molecule has 2 aromatic heterocycles. The molecule has 3 N–H and O–H groups in total. The van der Waals surface area contributed by atoms with Crippen molar-refractivity contribution in [3.8, 4) is 0 Å². The smallest absolute Gasteiger partial charge is 0.239 e. The van der Waals surface area contributed by atoms with E-state index < -0.39 is 0 Å². The second-order valence-corrected chi connectivity index (χ2v) is 5.04. The van der Waals surface area contributed by atoms with Crippen LogP contribution in [-0.2, 0) is 6.54 Å². The van der Waals surface area contributed by atoms with E-state index in [1.54, 1.807) is 17.5 Å². The van der Waals surface area contributed by atoms with Crippen LogP contribution < -0.4 is 16.2 Å². The summed E-state index contributed by atoms with van der Waals surface area (Å²) < 4.78 is 0. The minimum absolute atomic E-state index is 0.360. The van der Waals surface area contributed by atoms with Crippen LogP contribution in [0.5, 0.6) is 0 Å². The van der Waals surface area contributed by atoms with Crippen molar-refractivity contribution in [3.63, 3.8) is 0 Å². The van der Waals surface area contributed by atoms with E-state index in [0.29, 0.717) is 16.8 Å². The van der Waals surface area contributed by atoms with E-state index in [2.05, 4.69) is 38.7 Å². The first kappa shape index (κ1) is 13.1. The van der Waals surface area contributed by atoms with E-state index in [-0.39, 0.29) is 0 Å². The molecule has 0 amide bonds. The third-order valence-corrected chi connectivity index (χ3v) is 3.59. The first-order valence-corrected chi connectivity index (χ1v) is 6.76. The summed E-state index contributed by atoms with van der Waals surface area (Å²) in [6, 6.07) is 4.12. The van der Waals surface area contributed by atoms with E-state index >= 15 is 0 Å². The van der Waals surface area contributed by atoms with E-state index in [1.807, 2.05) is 6.07 Å². The molecule has 0 radical (unpaired) electrons. The summed E-state index contributed by atoms with van der Waals surface area (Å²) in [5.74, 6) is 6.36. The fraction of sp³-hybridized carbons (Fsp3) is 0.273. The Morgan fingerprint density at radius 2 is 2.39 bits per heavy atom. The number of nitrogen functional groups attached to an aromatic ring is 1. The Hall–Kier alpha value is -1.37. The molecule has 0 bridgehead atoms. The van der Waals surface area contributed by atoms with Gasteiger partial charge in [0.05, 0.1) is 12.7 Å². The number of thiophene rings is 1. The molecule has 96 valence electrons. The topological polar surface area (TPSA) is 67.1 Å². The lowest BCUT2D eigenvalue weighted by Gasteiger charge is -2.22. The van der Waals surface area contributed by atoms with Crippen LogP contribution in [0.15, 0.2) is 23.7 Å². The van der Waals surface area contributed by atoms with Gasteiger partial charge in [-0.3, -0.25) is 5.43 Å². The maximum atomic E-state index is 6.14. The van der Waals surface area contributed by atoms with Crippen molar-refractivity contribution >= 4 is 34.7 Å². The highest BCUT2D eigenvalue weighted by atomic mass is 35.5. The zero-order chi connectivity index (χ0) is 13.0. The zero-order valence-electron chi connectivity index (χ0n) is 9.93. The van der Waals surface area contributed by atoms with Gasteiger partial charge in [0, 0.05) is 11.4 Å². The molecule has 0 aliphatic heterocycles. The number of anilines is 2. The van der Waals surface area contributed by atoms with Gasteiger partial charge in [0.25, 0.3) is 0 Å². The Bertz CT molecular complexity index is 502. The summed E-state index contributed by atoms with van der Waals surface area (Å²) in [4.78, 5) is 11.6. The lowest BCUT2D eigenvalue weighted by molar-refractivity contribution is 0.820. The van der Waals surface area contributed by atoms with Gasteiger partial charge in [-0.25, -0.2) is 10.8 Å². The number of nitrogens with two attached hydrogens (primary N) is 1. The van der Waals surface area contributed by atoms with Crippen molar-refractivity contribution in [3.05, 3.63) is 33.6 Å². The molecule has 0 unspecified atom stereocenters. The van der Waals surface area contributed by atoms with Crippen LogP contribution in [0.4, 0.5) is 11.8 Å². The maximum absolute atomic E-state index is 6.14. The Morgan fingerprint density at radius 3 is 3.00 bits per heavy atom. The average molecular weight is 284 g/mol. The molecule has 2 heterocycles. The average Bonchev–Trinajstić information content (AvgIpc) is 2.90. The standard InChI is InChI=1S/C11H14ClN5S/c1-2-17(7-8-4-3-5-18-8)10-9(12)6-14-11(15-10)16-13/h3-6H,2,7,13H2,1H3,(H,14,15,16). The summed E-state index contributed by atoms with van der Waals surface area (Å²) in [7, 11) is 0. The summed E-state index contributed by atoms with van der Waals surface area (Å²) in [5.41, 5.74) is 2.43. The lowest BCUT2D eigenvalue weighted by atomic mass is 10.4. The monoisotopic (exact) mass is 283 g/mol. The zero-order valence-corrected chi connectivity index (χ0v) is 11.5. The molecular weight excluding hydrogens is 270 g/mol. The van der Waals surface area contributed by atoms with Crippen molar-refractivity contribution < 1.29 is 0 Å². The number of nitrogens with zero attached hydrogens (tertiary/aromatic N) is 3. The highest BCUT2D eigenvalue weighted by Crippen LogP contribution is 2.25. The summed E-state index contributed by atoms with van der Waals surface area (Å²) in [6.45, 7) is 3.63. The van der Waals surface area contributed by atoms with E-state index in [1.165, 1.54) is 4.88 Å².